The molecule has 0 aliphatic heterocycles. The Hall–Kier alpha value is -1.62. The Labute approximate surface area is 106 Å². The van der Waals surface area contributed by atoms with Gasteiger partial charge in [0.25, 0.3) is 0 Å². The Kier molecular flexibility index (Phi) is 5.09. The minimum Gasteiger partial charge on any atom is -0.465 e. The van der Waals surface area contributed by atoms with Gasteiger partial charge in [0.15, 0.2) is 0 Å². The molecule has 0 aliphatic rings. The quantitative estimate of drug-likeness (QED) is 0.820. The van der Waals surface area contributed by atoms with Crippen LogP contribution < -0.4 is 5.32 Å². The molecule has 0 bridgehead atoms. The van der Waals surface area contributed by atoms with Crippen molar-refractivity contribution >= 4 is 11.7 Å². The summed E-state index contributed by atoms with van der Waals surface area (Å²) in [5.74, 6) is -1.25. The number of methoxy groups -OCH3 is 2. The summed E-state index contributed by atoms with van der Waals surface area (Å²) >= 11 is 0. The van der Waals surface area contributed by atoms with Gasteiger partial charge in [-0.2, -0.15) is 0 Å². The van der Waals surface area contributed by atoms with E-state index < -0.39 is 11.8 Å². The predicted molar refractivity (Wildman–Crippen MR) is 67.4 cm³/mol. The van der Waals surface area contributed by atoms with Crippen LogP contribution in [0, 0.1) is 12.7 Å². The molecule has 4 nitrogen and oxygen atoms in total. The lowest BCUT2D eigenvalue weighted by Gasteiger charge is -2.17. The van der Waals surface area contributed by atoms with E-state index in [2.05, 4.69) is 10.1 Å². The van der Waals surface area contributed by atoms with Crippen LogP contribution in [0.3, 0.4) is 0 Å². The van der Waals surface area contributed by atoms with Gasteiger partial charge >= 0.3 is 5.97 Å². The number of rotatable bonds is 5. The average molecular weight is 255 g/mol. The van der Waals surface area contributed by atoms with Crippen molar-refractivity contribution in [3.63, 3.8) is 0 Å². The smallest absolute Gasteiger partial charge is 0.342 e. The molecule has 1 atom stereocenters. The van der Waals surface area contributed by atoms with E-state index in [0.717, 1.165) is 0 Å². The van der Waals surface area contributed by atoms with E-state index >= 15 is 0 Å². The van der Waals surface area contributed by atoms with Crippen molar-refractivity contribution in [1.82, 2.24) is 0 Å². The maximum Gasteiger partial charge on any atom is 0.342 e. The summed E-state index contributed by atoms with van der Waals surface area (Å²) < 4.78 is 23.6. The highest BCUT2D eigenvalue weighted by atomic mass is 19.1. The number of carbonyl (C=O) groups is 1. The third-order valence-electron chi connectivity index (χ3n) is 2.54. The zero-order valence-electron chi connectivity index (χ0n) is 11.0. The van der Waals surface area contributed by atoms with E-state index in [1.807, 2.05) is 6.92 Å². The summed E-state index contributed by atoms with van der Waals surface area (Å²) in [6, 6.07) is 3.24. The first-order chi connectivity index (χ1) is 8.51. The maximum absolute atomic E-state index is 14.0. The molecule has 0 heterocycles. The van der Waals surface area contributed by atoms with E-state index in [1.165, 1.54) is 7.11 Å². The summed E-state index contributed by atoms with van der Waals surface area (Å²) in [5, 5.41) is 3.03. The average Bonchev–Trinajstić information content (AvgIpc) is 2.33. The number of hydrogen-bond donors (Lipinski definition) is 1. The van der Waals surface area contributed by atoms with Gasteiger partial charge in [-0.05, 0) is 25.5 Å². The van der Waals surface area contributed by atoms with Gasteiger partial charge in [0.2, 0.25) is 0 Å². The second-order valence-electron chi connectivity index (χ2n) is 4.11. The third kappa shape index (κ3) is 3.20. The second kappa shape index (κ2) is 6.35. The van der Waals surface area contributed by atoms with Gasteiger partial charge in [-0.15, -0.1) is 0 Å². The van der Waals surface area contributed by atoms with Gasteiger partial charge in [-0.3, -0.25) is 0 Å². The van der Waals surface area contributed by atoms with Crippen LogP contribution in [0.25, 0.3) is 0 Å². The molecule has 1 aromatic carbocycles. The minimum absolute atomic E-state index is 0.0412. The summed E-state index contributed by atoms with van der Waals surface area (Å²) in [6.07, 6.45) is 0. The highest BCUT2D eigenvalue weighted by Crippen LogP contribution is 2.23. The highest BCUT2D eigenvalue weighted by Gasteiger charge is 2.20. The first kappa shape index (κ1) is 14.4. The van der Waals surface area contributed by atoms with Crippen LogP contribution >= 0.6 is 0 Å². The number of benzene rings is 1. The van der Waals surface area contributed by atoms with Crippen molar-refractivity contribution in [2.24, 2.45) is 0 Å². The van der Waals surface area contributed by atoms with Gasteiger partial charge in [0, 0.05) is 13.2 Å². The third-order valence-corrected chi connectivity index (χ3v) is 2.54. The fourth-order valence-electron chi connectivity index (χ4n) is 1.66. The predicted octanol–water partition coefficient (Wildman–Crippen LogP) is 2.37. The van der Waals surface area contributed by atoms with Crippen LogP contribution in [-0.2, 0) is 9.47 Å². The lowest BCUT2D eigenvalue weighted by atomic mass is 10.1. The first-order valence-corrected chi connectivity index (χ1v) is 5.64. The zero-order chi connectivity index (χ0) is 13.7. The standard InChI is InChI=1S/C13H18FNO3/c1-8-5-6-10(15-9(2)7-17-3)11(12(8)14)13(16)18-4/h5-6,9,15H,7H2,1-4H3. The second-order valence-corrected chi connectivity index (χ2v) is 4.11. The molecular formula is C13H18FNO3. The first-order valence-electron chi connectivity index (χ1n) is 5.64. The minimum atomic E-state index is -0.691. The summed E-state index contributed by atoms with van der Waals surface area (Å²) in [5.41, 5.74) is 0.746. The number of anilines is 1. The Morgan fingerprint density at radius 2 is 2.11 bits per heavy atom. The molecule has 18 heavy (non-hydrogen) atoms. The van der Waals surface area contributed by atoms with Gasteiger partial charge in [-0.1, -0.05) is 6.07 Å². The van der Waals surface area contributed by atoms with E-state index in [4.69, 9.17) is 4.74 Å². The molecule has 0 saturated carbocycles. The number of ether oxygens (including phenoxy) is 2. The largest absolute Gasteiger partial charge is 0.465 e. The van der Waals surface area contributed by atoms with Crippen molar-refractivity contribution in [3.05, 3.63) is 29.1 Å². The zero-order valence-corrected chi connectivity index (χ0v) is 11.0. The molecule has 0 aromatic heterocycles. The van der Waals surface area contributed by atoms with Crippen LogP contribution in [-0.4, -0.2) is 32.8 Å². The number of aryl methyl sites for hydroxylation is 1. The van der Waals surface area contributed by atoms with Crippen LogP contribution in [0.15, 0.2) is 12.1 Å². The fraction of sp³-hybridized carbons (Fsp3) is 0.462. The fourth-order valence-corrected chi connectivity index (χ4v) is 1.66. The van der Waals surface area contributed by atoms with Crippen molar-refractivity contribution in [2.45, 2.75) is 19.9 Å². The summed E-state index contributed by atoms with van der Waals surface area (Å²) in [4.78, 5) is 11.6. The van der Waals surface area contributed by atoms with Crippen LogP contribution in [0.1, 0.15) is 22.8 Å². The Balaban J connectivity index is 3.11. The molecular weight excluding hydrogens is 237 g/mol. The maximum atomic E-state index is 14.0. The molecule has 0 amide bonds. The van der Waals surface area contributed by atoms with Gasteiger partial charge in [0.1, 0.15) is 11.4 Å². The Bertz CT molecular complexity index is 434. The number of halogens is 1. The lowest BCUT2D eigenvalue weighted by Crippen LogP contribution is -2.23. The van der Waals surface area contributed by atoms with Gasteiger partial charge in [0.05, 0.1) is 19.4 Å². The van der Waals surface area contributed by atoms with Crippen molar-refractivity contribution < 1.29 is 18.7 Å². The topological polar surface area (TPSA) is 47.6 Å². The van der Waals surface area contributed by atoms with Gasteiger partial charge < -0.3 is 14.8 Å². The van der Waals surface area contributed by atoms with Crippen LogP contribution in [0.2, 0.25) is 0 Å². The van der Waals surface area contributed by atoms with E-state index in [-0.39, 0.29) is 11.6 Å². The SMILES string of the molecule is COCC(C)Nc1ccc(C)c(F)c1C(=O)OC. The molecule has 5 heteroatoms. The van der Waals surface area contributed by atoms with E-state index in [1.54, 1.807) is 26.2 Å². The van der Waals surface area contributed by atoms with Crippen molar-refractivity contribution in [3.8, 4) is 0 Å². The number of hydrogen-bond acceptors (Lipinski definition) is 4. The summed E-state index contributed by atoms with van der Waals surface area (Å²) in [6.45, 7) is 3.93. The molecule has 0 saturated heterocycles. The van der Waals surface area contributed by atoms with Crippen molar-refractivity contribution in [1.29, 1.82) is 0 Å². The van der Waals surface area contributed by atoms with Crippen LogP contribution in [0.5, 0.6) is 0 Å². The summed E-state index contributed by atoms with van der Waals surface area (Å²) in [7, 11) is 2.81. The number of nitrogens with one attached hydrogen (secondary N) is 1. The lowest BCUT2D eigenvalue weighted by molar-refractivity contribution is 0.0596. The molecule has 0 aliphatic carbocycles. The molecule has 0 spiro atoms. The van der Waals surface area contributed by atoms with Gasteiger partial charge in [-0.25, -0.2) is 9.18 Å². The highest BCUT2D eigenvalue weighted by molar-refractivity contribution is 5.96. The van der Waals surface area contributed by atoms with Crippen molar-refractivity contribution in [2.75, 3.05) is 26.1 Å². The molecule has 1 unspecified atom stereocenters. The Morgan fingerprint density at radius 1 is 1.44 bits per heavy atom. The molecule has 1 N–H and O–H groups in total. The monoisotopic (exact) mass is 255 g/mol. The Morgan fingerprint density at radius 3 is 2.67 bits per heavy atom. The molecule has 1 aromatic rings. The van der Waals surface area contributed by atoms with Crippen LogP contribution in [0.4, 0.5) is 10.1 Å². The van der Waals surface area contributed by atoms with E-state index in [0.29, 0.717) is 17.9 Å². The normalized spacial score (nSPS) is 12.1. The molecule has 100 valence electrons. The number of carbonyl (C=O) groups excluding carboxylic acids is 1. The van der Waals surface area contributed by atoms with E-state index in [9.17, 15) is 9.18 Å². The molecule has 1 rings (SSSR count). The molecule has 0 fully saturated rings. The number of esters is 1. The molecule has 0 radical (unpaired) electrons.